The van der Waals surface area contributed by atoms with Crippen molar-refractivity contribution in [1.29, 1.82) is 0 Å². The van der Waals surface area contributed by atoms with Crippen LogP contribution >= 0.6 is 11.3 Å². The second-order valence-electron chi connectivity index (χ2n) is 7.10. The topological polar surface area (TPSA) is 89.9 Å². The summed E-state index contributed by atoms with van der Waals surface area (Å²) in [7, 11) is 1.35. The Kier molecular flexibility index (Phi) is 8.15. The number of allylic oxidation sites excluding steroid dienone is 2. The molecule has 0 saturated carbocycles. The lowest BCUT2D eigenvalue weighted by Crippen LogP contribution is -2.35. The normalized spacial score (nSPS) is 14.7. The van der Waals surface area contributed by atoms with Gasteiger partial charge < -0.3 is 14.8 Å². The number of aromatic nitrogens is 1. The third-order valence-corrected chi connectivity index (χ3v) is 4.45. The Bertz CT molecular complexity index is 719. The molecule has 7 nitrogen and oxygen atoms in total. The van der Waals surface area contributed by atoms with Crippen LogP contribution in [0.2, 0.25) is 0 Å². The quantitative estimate of drug-likeness (QED) is 0.559. The predicted molar refractivity (Wildman–Crippen MR) is 107 cm³/mol. The van der Waals surface area contributed by atoms with E-state index in [0.29, 0.717) is 22.8 Å². The zero-order chi connectivity index (χ0) is 20.7. The Hall–Kier alpha value is -2.22. The number of rotatable bonds is 7. The summed E-state index contributed by atoms with van der Waals surface area (Å²) in [5, 5.41) is 5.24. The molecule has 1 heterocycles. The van der Waals surface area contributed by atoms with Crippen LogP contribution in [0.1, 0.15) is 58.7 Å². The molecule has 1 N–H and O–H groups in total. The van der Waals surface area contributed by atoms with E-state index in [1.54, 1.807) is 33.8 Å². The molecule has 1 aromatic heterocycles. The molecule has 0 bridgehead atoms. The molecule has 0 saturated heterocycles. The Morgan fingerprint density at radius 3 is 2.52 bits per heavy atom. The zero-order valence-electron chi connectivity index (χ0n) is 17.1. The van der Waals surface area contributed by atoms with E-state index in [4.69, 9.17) is 9.47 Å². The summed E-state index contributed by atoms with van der Waals surface area (Å²) in [5.74, 6) is -0.394. The first-order valence-electron chi connectivity index (χ1n) is 8.77. The van der Waals surface area contributed by atoms with E-state index in [1.165, 1.54) is 18.4 Å². The van der Waals surface area contributed by atoms with Gasteiger partial charge in [0.1, 0.15) is 10.6 Å². The molecule has 0 aliphatic rings. The molecule has 0 aliphatic carbocycles. The van der Waals surface area contributed by atoms with Gasteiger partial charge in [-0.3, -0.25) is 4.99 Å². The van der Waals surface area contributed by atoms with Gasteiger partial charge >= 0.3 is 12.1 Å². The maximum atomic E-state index is 12.1. The molecule has 1 rings (SSSR count). The van der Waals surface area contributed by atoms with Crippen LogP contribution in [0.4, 0.5) is 4.79 Å². The molecular formula is C19H29N3O4S. The molecular weight excluding hydrogens is 366 g/mol. The number of ether oxygens (including phenoxy) is 2. The van der Waals surface area contributed by atoms with Crippen LogP contribution in [0.3, 0.4) is 0 Å². The fraction of sp³-hybridized carbons (Fsp3) is 0.579. The summed E-state index contributed by atoms with van der Waals surface area (Å²) in [5.41, 5.74) is -0.306. The second-order valence-corrected chi connectivity index (χ2v) is 8.04. The standard InChI is InChI=1S/C19H29N3O4S/c1-8-10-13(22-19(6,9-2)16(23)25-7)14-12-27-15(21-14)11-20-17(24)26-18(3,4)5/h8,10,12H,9,11H2,1-7H3,(H,20,24)/b10-8+,22-13?. The fourth-order valence-electron chi connectivity index (χ4n) is 2.06. The van der Waals surface area contributed by atoms with Crippen LogP contribution in [0.5, 0.6) is 0 Å². The number of alkyl carbamates (subject to hydrolysis) is 1. The summed E-state index contributed by atoms with van der Waals surface area (Å²) in [6.45, 7) is 11.2. The highest BCUT2D eigenvalue weighted by atomic mass is 32.1. The van der Waals surface area contributed by atoms with E-state index in [9.17, 15) is 9.59 Å². The summed E-state index contributed by atoms with van der Waals surface area (Å²) in [4.78, 5) is 33.0. The minimum atomic E-state index is -0.984. The van der Waals surface area contributed by atoms with Crippen LogP contribution in [-0.2, 0) is 20.8 Å². The smallest absolute Gasteiger partial charge is 0.408 e. The number of thiazole rings is 1. The highest BCUT2D eigenvalue weighted by Gasteiger charge is 2.32. The summed E-state index contributed by atoms with van der Waals surface area (Å²) < 4.78 is 10.1. The minimum Gasteiger partial charge on any atom is -0.467 e. The van der Waals surface area contributed by atoms with Crippen molar-refractivity contribution in [3.63, 3.8) is 0 Å². The number of aliphatic imine (C=N–C) groups is 1. The van der Waals surface area contributed by atoms with Gasteiger partial charge in [-0.05, 0) is 47.1 Å². The van der Waals surface area contributed by atoms with E-state index >= 15 is 0 Å². The third kappa shape index (κ3) is 7.13. The first-order valence-corrected chi connectivity index (χ1v) is 9.65. The molecule has 0 radical (unpaired) electrons. The van der Waals surface area contributed by atoms with Crippen molar-refractivity contribution in [2.24, 2.45) is 4.99 Å². The number of nitrogens with zero attached hydrogens (tertiary/aromatic N) is 2. The van der Waals surface area contributed by atoms with E-state index in [2.05, 4.69) is 15.3 Å². The van der Waals surface area contributed by atoms with Crippen LogP contribution in [0.15, 0.2) is 22.5 Å². The Balaban J connectivity index is 2.98. The molecule has 0 aromatic carbocycles. The molecule has 1 atom stereocenters. The number of esters is 1. The lowest BCUT2D eigenvalue weighted by Gasteiger charge is -2.21. The lowest BCUT2D eigenvalue weighted by atomic mass is 9.99. The van der Waals surface area contributed by atoms with Crippen molar-refractivity contribution in [3.05, 3.63) is 28.2 Å². The molecule has 1 aromatic rings. The number of carbonyl (C=O) groups is 2. The van der Waals surface area contributed by atoms with E-state index in [0.717, 1.165) is 0 Å². The minimum absolute atomic E-state index is 0.255. The SMILES string of the molecule is C/C=C/C(=NC(C)(CC)C(=O)OC)c1csc(CNC(=O)OC(C)(C)C)n1. The van der Waals surface area contributed by atoms with Crippen LogP contribution < -0.4 is 5.32 Å². The number of amides is 1. The van der Waals surface area contributed by atoms with Crippen LogP contribution in [0, 0.1) is 0 Å². The molecule has 1 amide bonds. The number of nitrogens with one attached hydrogen (secondary N) is 1. The molecule has 0 fully saturated rings. The largest absolute Gasteiger partial charge is 0.467 e. The molecule has 0 spiro atoms. The third-order valence-electron chi connectivity index (χ3n) is 3.60. The molecule has 150 valence electrons. The van der Waals surface area contributed by atoms with Gasteiger partial charge in [-0.15, -0.1) is 11.3 Å². The van der Waals surface area contributed by atoms with E-state index in [1.807, 2.05) is 25.3 Å². The van der Waals surface area contributed by atoms with Gasteiger partial charge in [0.05, 0.1) is 25.1 Å². The van der Waals surface area contributed by atoms with Crippen molar-refractivity contribution in [2.75, 3.05) is 7.11 Å². The first kappa shape index (κ1) is 22.8. The molecule has 8 heteroatoms. The van der Waals surface area contributed by atoms with Gasteiger partial charge in [-0.25, -0.2) is 14.6 Å². The highest BCUT2D eigenvalue weighted by molar-refractivity contribution is 7.09. The number of hydrogen-bond acceptors (Lipinski definition) is 7. The maximum absolute atomic E-state index is 12.1. The van der Waals surface area contributed by atoms with Crippen molar-refractivity contribution < 1.29 is 19.1 Å². The van der Waals surface area contributed by atoms with Crippen molar-refractivity contribution in [2.45, 2.75) is 65.6 Å². The summed E-state index contributed by atoms with van der Waals surface area (Å²) >= 11 is 1.40. The van der Waals surface area contributed by atoms with Crippen LogP contribution in [-0.4, -0.2) is 41.0 Å². The average molecular weight is 396 g/mol. The zero-order valence-corrected chi connectivity index (χ0v) is 17.9. The van der Waals surface area contributed by atoms with Gasteiger partial charge in [-0.2, -0.15) is 0 Å². The van der Waals surface area contributed by atoms with Crippen LogP contribution in [0.25, 0.3) is 0 Å². The molecule has 27 heavy (non-hydrogen) atoms. The van der Waals surface area contributed by atoms with Crippen molar-refractivity contribution in [1.82, 2.24) is 10.3 Å². The maximum Gasteiger partial charge on any atom is 0.408 e. The first-order chi connectivity index (χ1) is 12.5. The second kappa shape index (κ2) is 9.64. The van der Waals surface area contributed by atoms with Gasteiger partial charge in [0, 0.05) is 5.38 Å². The van der Waals surface area contributed by atoms with Gasteiger partial charge in [-0.1, -0.05) is 13.0 Å². The molecule has 0 aliphatic heterocycles. The monoisotopic (exact) mass is 395 g/mol. The molecule has 1 unspecified atom stereocenters. The van der Waals surface area contributed by atoms with E-state index in [-0.39, 0.29) is 6.54 Å². The number of hydrogen-bond donors (Lipinski definition) is 1. The Morgan fingerprint density at radius 2 is 2.00 bits per heavy atom. The average Bonchev–Trinajstić information content (AvgIpc) is 3.06. The summed E-state index contributed by atoms with van der Waals surface area (Å²) in [6, 6.07) is 0. The van der Waals surface area contributed by atoms with Gasteiger partial charge in [0.15, 0.2) is 5.54 Å². The van der Waals surface area contributed by atoms with Gasteiger partial charge in [0.2, 0.25) is 0 Å². The number of methoxy groups -OCH3 is 1. The van der Waals surface area contributed by atoms with Crippen molar-refractivity contribution in [3.8, 4) is 0 Å². The Labute approximate surface area is 164 Å². The number of carbonyl (C=O) groups excluding carboxylic acids is 2. The summed E-state index contributed by atoms with van der Waals surface area (Å²) in [6.07, 6.45) is 3.64. The fourth-order valence-corrected chi connectivity index (χ4v) is 2.79. The lowest BCUT2D eigenvalue weighted by molar-refractivity contribution is -0.146. The predicted octanol–water partition coefficient (Wildman–Crippen LogP) is 3.87. The van der Waals surface area contributed by atoms with Gasteiger partial charge in [0.25, 0.3) is 0 Å². The van der Waals surface area contributed by atoms with E-state index < -0.39 is 23.2 Å². The van der Waals surface area contributed by atoms with Crippen molar-refractivity contribution >= 4 is 29.1 Å². The highest BCUT2D eigenvalue weighted by Crippen LogP contribution is 2.20. The Morgan fingerprint density at radius 1 is 1.33 bits per heavy atom.